The minimum absolute atomic E-state index is 0.153. The second kappa shape index (κ2) is 7.13. The molecule has 23 heavy (non-hydrogen) atoms. The number of hydrogen-bond donors (Lipinski definition) is 3. The molecule has 2 rings (SSSR count). The topological polar surface area (TPSA) is 101 Å². The van der Waals surface area contributed by atoms with E-state index in [9.17, 15) is 14.4 Å². The zero-order valence-electron chi connectivity index (χ0n) is 11.6. The first-order valence-corrected chi connectivity index (χ1v) is 7.10. The van der Waals surface area contributed by atoms with Crippen LogP contribution >= 0.6 is 23.2 Å². The quantitative estimate of drug-likeness (QED) is 0.740. The van der Waals surface area contributed by atoms with Gasteiger partial charge in [0.25, 0.3) is 0 Å². The molecule has 2 aromatic carbocycles. The van der Waals surface area contributed by atoms with Gasteiger partial charge in [-0.1, -0.05) is 29.3 Å². The average Bonchev–Trinajstić information content (AvgIpc) is 2.51. The van der Waals surface area contributed by atoms with Crippen molar-refractivity contribution in [2.24, 2.45) is 5.73 Å². The number of nitrogens with one attached hydrogen (secondary N) is 2. The minimum Gasteiger partial charge on any atom is -0.366 e. The Morgan fingerprint density at radius 3 is 1.87 bits per heavy atom. The van der Waals surface area contributed by atoms with Gasteiger partial charge in [0.05, 0.1) is 15.7 Å². The molecule has 0 aliphatic carbocycles. The van der Waals surface area contributed by atoms with Gasteiger partial charge in [-0.3, -0.25) is 14.4 Å². The third-order valence-electron chi connectivity index (χ3n) is 2.83. The van der Waals surface area contributed by atoms with Crippen molar-refractivity contribution in [2.75, 3.05) is 10.6 Å². The molecule has 0 fully saturated rings. The summed E-state index contributed by atoms with van der Waals surface area (Å²) in [6.45, 7) is 0. The van der Waals surface area contributed by atoms with E-state index in [2.05, 4.69) is 10.6 Å². The van der Waals surface area contributed by atoms with Crippen LogP contribution in [0.4, 0.5) is 11.4 Å². The molecule has 4 N–H and O–H groups in total. The molecule has 0 aromatic heterocycles. The number of halogens is 2. The van der Waals surface area contributed by atoms with Gasteiger partial charge in [-0.2, -0.15) is 0 Å². The standard InChI is InChI=1S/C15H11Cl2N3O3/c16-10-2-1-3-11(17)12(10)20-15(23)14(22)19-9-6-4-8(5-7-9)13(18)21/h1-7H,(H2,18,21)(H,19,22)(H,20,23). The third kappa shape index (κ3) is 4.21. The van der Waals surface area contributed by atoms with Gasteiger partial charge in [0.2, 0.25) is 5.91 Å². The summed E-state index contributed by atoms with van der Waals surface area (Å²) in [5, 5.41) is 5.14. The van der Waals surface area contributed by atoms with Gasteiger partial charge >= 0.3 is 11.8 Å². The second-order valence-electron chi connectivity index (χ2n) is 4.45. The fourth-order valence-electron chi connectivity index (χ4n) is 1.69. The number of carbonyl (C=O) groups is 3. The molecule has 0 heterocycles. The van der Waals surface area contributed by atoms with Crippen LogP contribution in [0.3, 0.4) is 0 Å². The van der Waals surface area contributed by atoms with Crippen molar-refractivity contribution in [3.05, 3.63) is 58.1 Å². The number of hydrogen-bond acceptors (Lipinski definition) is 3. The Balaban J connectivity index is 2.05. The summed E-state index contributed by atoms with van der Waals surface area (Å²) >= 11 is 11.8. The average molecular weight is 352 g/mol. The highest BCUT2D eigenvalue weighted by atomic mass is 35.5. The zero-order valence-corrected chi connectivity index (χ0v) is 13.1. The number of para-hydroxylation sites is 1. The summed E-state index contributed by atoms with van der Waals surface area (Å²) in [6, 6.07) is 10.4. The van der Waals surface area contributed by atoms with Crippen molar-refractivity contribution >= 4 is 52.3 Å². The maximum absolute atomic E-state index is 11.9. The molecule has 3 amide bonds. The fourth-order valence-corrected chi connectivity index (χ4v) is 2.19. The van der Waals surface area contributed by atoms with E-state index in [4.69, 9.17) is 28.9 Å². The zero-order chi connectivity index (χ0) is 17.0. The van der Waals surface area contributed by atoms with E-state index >= 15 is 0 Å². The van der Waals surface area contributed by atoms with Gasteiger partial charge in [0.1, 0.15) is 0 Å². The summed E-state index contributed by atoms with van der Waals surface area (Å²) < 4.78 is 0. The normalized spacial score (nSPS) is 10.0. The van der Waals surface area contributed by atoms with Crippen LogP contribution in [-0.4, -0.2) is 17.7 Å². The highest BCUT2D eigenvalue weighted by molar-refractivity contribution is 6.46. The second-order valence-corrected chi connectivity index (χ2v) is 5.26. The number of rotatable bonds is 3. The van der Waals surface area contributed by atoms with Crippen molar-refractivity contribution in [3.63, 3.8) is 0 Å². The molecule has 0 radical (unpaired) electrons. The maximum atomic E-state index is 11.9. The Morgan fingerprint density at radius 1 is 0.826 bits per heavy atom. The third-order valence-corrected chi connectivity index (χ3v) is 3.46. The van der Waals surface area contributed by atoms with E-state index in [0.29, 0.717) is 5.69 Å². The first-order valence-electron chi connectivity index (χ1n) is 6.34. The van der Waals surface area contributed by atoms with Gasteiger partial charge in [-0.25, -0.2) is 0 Å². The minimum atomic E-state index is -0.932. The largest absolute Gasteiger partial charge is 0.366 e. The van der Waals surface area contributed by atoms with Crippen molar-refractivity contribution in [1.29, 1.82) is 0 Å². The van der Waals surface area contributed by atoms with E-state index in [0.717, 1.165) is 0 Å². The number of primary amides is 1. The van der Waals surface area contributed by atoms with Crippen LogP contribution in [0.15, 0.2) is 42.5 Å². The number of nitrogens with two attached hydrogens (primary N) is 1. The van der Waals surface area contributed by atoms with Gasteiger partial charge in [-0.05, 0) is 36.4 Å². The first kappa shape index (κ1) is 16.8. The predicted molar refractivity (Wildman–Crippen MR) is 88.7 cm³/mol. The molecule has 0 spiro atoms. The lowest BCUT2D eigenvalue weighted by molar-refractivity contribution is -0.132. The molecular weight excluding hydrogens is 341 g/mol. The van der Waals surface area contributed by atoms with E-state index in [1.165, 1.54) is 36.4 Å². The summed E-state index contributed by atoms with van der Waals surface area (Å²) in [7, 11) is 0. The highest BCUT2D eigenvalue weighted by Gasteiger charge is 2.17. The maximum Gasteiger partial charge on any atom is 0.314 e. The summed E-state index contributed by atoms with van der Waals surface area (Å²) in [5.41, 5.74) is 5.89. The molecular formula is C15H11Cl2N3O3. The van der Waals surface area contributed by atoms with Gasteiger partial charge in [0.15, 0.2) is 0 Å². The molecule has 0 atom stereocenters. The van der Waals surface area contributed by atoms with Gasteiger partial charge < -0.3 is 16.4 Å². The molecule has 2 aromatic rings. The summed E-state index contributed by atoms with van der Waals surface area (Å²) in [6.07, 6.45) is 0. The Morgan fingerprint density at radius 2 is 1.35 bits per heavy atom. The fraction of sp³-hybridized carbons (Fsp3) is 0. The van der Waals surface area contributed by atoms with Gasteiger partial charge in [0, 0.05) is 11.3 Å². The van der Waals surface area contributed by atoms with Crippen LogP contribution in [0.5, 0.6) is 0 Å². The molecule has 0 bridgehead atoms. The summed E-state index contributed by atoms with van der Waals surface area (Å²) in [5.74, 6) is -2.43. The molecule has 0 saturated carbocycles. The SMILES string of the molecule is NC(=O)c1ccc(NC(=O)C(=O)Nc2c(Cl)cccc2Cl)cc1. The van der Waals surface area contributed by atoms with E-state index < -0.39 is 17.7 Å². The molecule has 0 saturated heterocycles. The van der Waals surface area contributed by atoms with Crippen LogP contribution in [0.1, 0.15) is 10.4 Å². The Labute approximate surface area is 141 Å². The molecule has 118 valence electrons. The lowest BCUT2D eigenvalue weighted by Gasteiger charge is -2.09. The van der Waals surface area contributed by atoms with Gasteiger partial charge in [-0.15, -0.1) is 0 Å². The van der Waals surface area contributed by atoms with Crippen LogP contribution < -0.4 is 16.4 Å². The first-order chi connectivity index (χ1) is 10.9. The molecule has 0 aliphatic rings. The van der Waals surface area contributed by atoms with Crippen LogP contribution in [0.25, 0.3) is 0 Å². The van der Waals surface area contributed by atoms with Crippen LogP contribution in [0.2, 0.25) is 10.0 Å². The van der Waals surface area contributed by atoms with Crippen molar-refractivity contribution in [1.82, 2.24) is 0 Å². The number of carbonyl (C=O) groups excluding carboxylic acids is 3. The number of benzene rings is 2. The van der Waals surface area contributed by atoms with E-state index in [1.807, 2.05) is 0 Å². The molecule has 0 unspecified atom stereocenters. The lowest BCUT2D eigenvalue weighted by atomic mass is 10.2. The molecule has 8 heteroatoms. The van der Waals surface area contributed by atoms with E-state index in [-0.39, 0.29) is 21.3 Å². The molecule has 6 nitrogen and oxygen atoms in total. The van der Waals surface area contributed by atoms with Crippen molar-refractivity contribution < 1.29 is 14.4 Å². The monoisotopic (exact) mass is 351 g/mol. The van der Waals surface area contributed by atoms with Crippen molar-refractivity contribution in [2.45, 2.75) is 0 Å². The highest BCUT2D eigenvalue weighted by Crippen LogP contribution is 2.29. The Kier molecular flexibility index (Phi) is 5.20. The number of amides is 3. The predicted octanol–water partition coefficient (Wildman–Crippen LogP) is 2.67. The number of anilines is 2. The van der Waals surface area contributed by atoms with E-state index in [1.54, 1.807) is 6.07 Å². The molecule has 0 aliphatic heterocycles. The van der Waals surface area contributed by atoms with Crippen LogP contribution in [0, 0.1) is 0 Å². The van der Waals surface area contributed by atoms with Crippen molar-refractivity contribution in [3.8, 4) is 0 Å². The Bertz CT molecular complexity index is 756. The smallest absolute Gasteiger partial charge is 0.314 e. The lowest BCUT2D eigenvalue weighted by Crippen LogP contribution is -2.29. The Hall–Kier alpha value is -2.57. The van der Waals surface area contributed by atoms with Crippen LogP contribution in [-0.2, 0) is 9.59 Å². The summed E-state index contributed by atoms with van der Waals surface area (Å²) in [4.78, 5) is 34.7.